The van der Waals surface area contributed by atoms with Crippen molar-refractivity contribution in [3.63, 3.8) is 0 Å². The van der Waals surface area contributed by atoms with Gasteiger partial charge in [0, 0.05) is 11.9 Å². The van der Waals surface area contributed by atoms with Crippen molar-refractivity contribution < 1.29 is 4.79 Å². The molecule has 20 heavy (non-hydrogen) atoms. The van der Waals surface area contributed by atoms with Gasteiger partial charge in [-0.25, -0.2) is 9.97 Å². The van der Waals surface area contributed by atoms with Gasteiger partial charge in [-0.1, -0.05) is 23.4 Å². The SMILES string of the molecule is CC(Sc1ccncn1)C(=O)Nc1ccc(N)cc1Cl. The van der Waals surface area contributed by atoms with Gasteiger partial charge in [-0.15, -0.1) is 0 Å². The number of anilines is 2. The van der Waals surface area contributed by atoms with E-state index in [0.717, 1.165) is 5.03 Å². The van der Waals surface area contributed by atoms with Gasteiger partial charge in [-0.3, -0.25) is 4.79 Å². The van der Waals surface area contributed by atoms with E-state index in [9.17, 15) is 4.79 Å². The molecule has 2 aromatic rings. The Kier molecular flexibility index (Phi) is 4.81. The molecule has 104 valence electrons. The highest BCUT2D eigenvalue weighted by atomic mass is 35.5. The molecule has 1 aromatic carbocycles. The molecule has 0 radical (unpaired) electrons. The monoisotopic (exact) mass is 308 g/mol. The third-order valence-electron chi connectivity index (χ3n) is 2.47. The van der Waals surface area contributed by atoms with Gasteiger partial charge in [0.05, 0.1) is 16.0 Å². The maximum atomic E-state index is 12.1. The van der Waals surface area contributed by atoms with Gasteiger partial charge < -0.3 is 11.1 Å². The van der Waals surface area contributed by atoms with Crippen molar-refractivity contribution in [2.24, 2.45) is 0 Å². The minimum Gasteiger partial charge on any atom is -0.399 e. The van der Waals surface area contributed by atoms with E-state index >= 15 is 0 Å². The van der Waals surface area contributed by atoms with E-state index in [4.69, 9.17) is 17.3 Å². The molecule has 1 aromatic heterocycles. The third-order valence-corrected chi connectivity index (χ3v) is 3.84. The molecule has 0 aliphatic carbocycles. The first kappa shape index (κ1) is 14.6. The fourth-order valence-corrected chi connectivity index (χ4v) is 2.46. The number of rotatable bonds is 4. The van der Waals surface area contributed by atoms with Crippen LogP contribution in [0.1, 0.15) is 6.92 Å². The van der Waals surface area contributed by atoms with Crippen molar-refractivity contribution in [1.82, 2.24) is 9.97 Å². The number of hydrogen-bond donors (Lipinski definition) is 2. The summed E-state index contributed by atoms with van der Waals surface area (Å²) in [6.45, 7) is 1.80. The molecule has 1 unspecified atom stereocenters. The summed E-state index contributed by atoms with van der Waals surface area (Å²) in [7, 11) is 0. The number of thioether (sulfide) groups is 1. The zero-order valence-corrected chi connectivity index (χ0v) is 12.3. The number of amides is 1. The van der Waals surface area contributed by atoms with Crippen LogP contribution >= 0.6 is 23.4 Å². The molecule has 0 saturated heterocycles. The van der Waals surface area contributed by atoms with E-state index in [2.05, 4.69) is 15.3 Å². The van der Waals surface area contributed by atoms with Crippen molar-refractivity contribution in [2.75, 3.05) is 11.1 Å². The zero-order chi connectivity index (χ0) is 14.5. The average molecular weight is 309 g/mol. The van der Waals surface area contributed by atoms with Gasteiger partial charge in [0.25, 0.3) is 0 Å². The maximum Gasteiger partial charge on any atom is 0.237 e. The molecule has 3 N–H and O–H groups in total. The number of benzene rings is 1. The Bertz CT molecular complexity index is 609. The summed E-state index contributed by atoms with van der Waals surface area (Å²) in [5.74, 6) is -0.153. The highest BCUT2D eigenvalue weighted by Crippen LogP contribution is 2.26. The summed E-state index contributed by atoms with van der Waals surface area (Å²) in [6.07, 6.45) is 3.08. The van der Waals surface area contributed by atoms with Crippen LogP contribution in [0.4, 0.5) is 11.4 Å². The second-order valence-corrected chi connectivity index (χ2v) is 5.80. The van der Waals surface area contributed by atoms with Crippen molar-refractivity contribution in [1.29, 1.82) is 0 Å². The first-order valence-electron chi connectivity index (χ1n) is 5.85. The van der Waals surface area contributed by atoms with Gasteiger partial charge >= 0.3 is 0 Å². The van der Waals surface area contributed by atoms with E-state index in [-0.39, 0.29) is 11.2 Å². The molecule has 5 nitrogen and oxygen atoms in total. The second-order valence-electron chi connectivity index (χ2n) is 4.04. The molecule has 0 aliphatic rings. The summed E-state index contributed by atoms with van der Waals surface area (Å²) >= 11 is 7.37. The Morgan fingerprint density at radius 2 is 2.25 bits per heavy atom. The second kappa shape index (κ2) is 6.58. The van der Waals surface area contributed by atoms with Gasteiger partial charge in [0.2, 0.25) is 5.91 Å². The lowest BCUT2D eigenvalue weighted by atomic mass is 10.2. The summed E-state index contributed by atoms with van der Waals surface area (Å²) < 4.78 is 0. The number of nitrogen functional groups attached to an aromatic ring is 1. The first-order valence-corrected chi connectivity index (χ1v) is 7.10. The Morgan fingerprint density at radius 1 is 1.45 bits per heavy atom. The lowest BCUT2D eigenvalue weighted by Gasteiger charge is -2.12. The van der Waals surface area contributed by atoms with E-state index in [1.807, 2.05) is 0 Å². The summed E-state index contributed by atoms with van der Waals surface area (Å²) in [5, 5.41) is 3.62. The first-order chi connectivity index (χ1) is 9.56. The summed E-state index contributed by atoms with van der Waals surface area (Å²) in [6, 6.07) is 6.71. The molecule has 2 rings (SSSR count). The van der Waals surface area contributed by atoms with Crippen molar-refractivity contribution in [2.45, 2.75) is 17.2 Å². The molecular weight excluding hydrogens is 296 g/mol. The van der Waals surface area contributed by atoms with Crippen LogP contribution in [0.15, 0.2) is 41.8 Å². The average Bonchev–Trinajstić information content (AvgIpc) is 2.43. The highest BCUT2D eigenvalue weighted by Gasteiger charge is 2.16. The standard InChI is InChI=1S/C13H13ClN4OS/c1-8(20-12-4-5-16-7-17-12)13(19)18-11-3-2-9(15)6-10(11)14/h2-8H,15H2,1H3,(H,18,19). The Labute approximate surface area is 126 Å². The fraction of sp³-hybridized carbons (Fsp3) is 0.154. The molecule has 7 heteroatoms. The molecule has 1 heterocycles. The largest absolute Gasteiger partial charge is 0.399 e. The van der Waals surface area contributed by atoms with Gasteiger partial charge in [-0.05, 0) is 31.2 Å². The molecule has 1 amide bonds. The Hall–Kier alpha value is -1.79. The number of halogens is 1. The summed E-state index contributed by atoms with van der Waals surface area (Å²) in [4.78, 5) is 20.0. The molecule has 0 aliphatic heterocycles. The number of hydrogen-bond acceptors (Lipinski definition) is 5. The van der Waals surface area contributed by atoms with E-state index in [1.54, 1.807) is 37.4 Å². The number of nitrogens with two attached hydrogens (primary N) is 1. The molecule has 0 spiro atoms. The molecule has 0 fully saturated rings. The van der Waals surface area contributed by atoms with Crippen LogP contribution in [0.25, 0.3) is 0 Å². The lowest BCUT2D eigenvalue weighted by molar-refractivity contribution is -0.115. The van der Waals surface area contributed by atoms with E-state index < -0.39 is 0 Å². The smallest absolute Gasteiger partial charge is 0.237 e. The Balaban J connectivity index is 2.01. The molecule has 0 bridgehead atoms. The predicted octanol–water partition coefficient (Wildman–Crippen LogP) is 2.83. The van der Waals surface area contributed by atoms with Gasteiger partial charge in [0.15, 0.2) is 0 Å². The third kappa shape index (κ3) is 3.85. The number of carbonyl (C=O) groups is 1. The number of carbonyl (C=O) groups excluding carboxylic acids is 1. The van der Waals surface area contributed by atoms with Gasteiger partial charge in [-0.2, -0.15) is 0 Å². The van der Waals surface area contributed by atoms with Crippen LogP contribution in [0.5, 0.6) is 0 Å². The summed E-state index contributed by atoms with van der Waals surface area (Å²) in [5.41, 5.74) is 6.70. The van der Waals surface area contributed by atoms with Crippen LogP contribution < -0.4 is 11.1 Å². The normalized spacial score (nSPS) is 11.9. The number of nitrogens with one attached hydrogen (secondary N) is 1. The van der Waals surface area contributed by atoms with Crippen molar-refractivity contribution in [3.05, 3.63) is 41.8 Å². The van der Waals surface area contributed by atoms with Crippen LogP contribution in [-0.2, 0) is 4.79 Å². The van der Waals surface area contributed by atoms with Gasteiger partial charge in [0.1, 0.15) is 11.4 Å². The predicted molar refractivity (Wildman–Crippen MR) is 81.8 cm³/mol. The van der Waals surface area contributed by atoms with E-state index in [1.165, 1.54) is 18.1 Å². The highest BCUT2D eigenvalue weighted by molar-refractivity contribution is 8.00. The topological polar surface area (TPSA) is 80.9 Å². The quantitative estimate of drug-likeness (QED) is 0.516. The Morgan fingerprint density at radius 3 is 2.90 bits per heavy atom. The molecule has 1 atom stereocenters. The number of nitrogens with zero attached hydrogens (tertiary/aromatic N) is 2. The minimum atomic E-state index is -0.307. The lowest BCUT2D eigenvalue weighted by Crippen LogP contribution is -2.22. The van der Waals surface area contributed by atoms with Crippen molar-refractivity contribution >= 4 is 40.6 Å². The molecular formula is C13H13ClN4OS. The van der Waals surface area contributed by atoms with Crippen LogP contribution in [-0.4, -0.2) is 21.1 Å². The van der Waals surface area contributed by atoms with Crippen molar-refractivity contribution in [3.8, 4) is 0 Å². The van der Waals surface area contributed by atoms with E-state index in [0.29, 0.717) is 16.4 Å². The fourth-order valence-electron chi connectivity index (χ4n) is 1.45. The molecule has 0 saturated carbocycles. The van der Waals surface area contributed by atoms with Crippen LogP contribution in [0.3, 0.4) is 0 Å². The van der Waals surface area contributed by atoms with Crippen LogP contribution in [0, 0.1) is 0 Å². The number of aromatic nitrogens is 2. The zero-order valence-electron chi connectivity index (χ0n) is 10.7. The minimum absolute atomic E-state index is 0.153. The maximum absolute atomic E-state index is 12.1. The van der Waals surface area contributed by atoms with Crippen LogP contribution in [0.2, 0.25) is 5.02 Å².